The molecule has 0 aromatic heterocycles. The van der Waals surface area contributed by atoms with E-state index in [1.165, 1.54) is 4.31 Å². The van der Waals surface area contributed by atoms with Crippen LogP contribution in [0.3, 0.4) is 0 Å². The Labute approximate surface area is 113 Å². The molecule has 0 saturated heterocycles. The Balaban J connectivity index is 2.86. The van der Waals surface area contributed by atoms with Crippen LogP contribution in [0.4, 0.5) is 0 Å². The first-order valence-electron chi connectivity index (χ1n) is 5.81. The quantitative estimate of drug-likeness (QED) is 0.241. The first-order valence-corrected chi connectivity index (χ1v) is 7.21. The van der Waals surface area contributed by atoms with E-state index in [-0.39, 0.29) is 6.54 Å². The van der Waals surface area contributed by atoms with Crippen LogP contribution in [0, 0.1) is 0 Å². The minimum absolute atomic E-state index is 0.194. The summed E-state index contributed by atoms with van der Waals surface area (Å²) in [5, 5.41) is 0. The van der Waals surface area contributed by atoms with Crippen LogP contribution in [0.25, 0.3) is 10.4 Å². The molecule has 0 heterocycles. The van der Waals surface area contributed by atoms with Gasteiger partial charge in [-0.1, -0.05) is 36.4 Å². The van der Waals surface area contributed by atoms with Gasteiger partial charge in [0, 0.05) is 22.5 Å². The average Bonchev–Trinajstić information content (AvgIpc) is 2.39. The number of azide groups is 1. The van der Waals surface area contributed by atoms with Gasteiger partial charge in [0.1, 0.15) is 0 Å². The van der Waals surface area contributed by atoms with E-state index in [1.807, 2.05) is 30.3 Å². The summed E-state index contributed by atoms with van der Waals surface area (Å²) in [6.07, 6.45) is 3.06. The standard InChI is InChI=1S/C12H16N4O2S/c1-2-3-7-10-16(19(17,18)15-14-13)11-12-8-5-4-6-9-12/h2,4-6,8-9H,1,3,7,10-11H2. The van der Waals surface area contributed by atoms with Gasteiger partial charge in [-0.15, -0.1) is 6.58 Å². The number of hydrogen-bond donors (Lipinski definition) is 0. The van der Waals surface area contributed by atoms with E-state index in [9.17, 15) is 8.42 Å². The van der Waals surface area contributed by atoms with E-state index in [0.29, 0.717) is 19.4 Å². The number of hydrogen-bond acceptors (Lipinski definition) is 2. The van der Waals surface area contributed by atoms with Gasteiger partial charge in [-0.25, -0.2) is 8.42 Å². The van der Waals surface area contributed by atoms with Crippen molar-refractivity contribution < 1.29 is 8.42 Å². The van der Waals surface area contributed by atoms with Crippen LogP contribution in [0.15, 0.2) is 47.5 Å². The predicted molar refractivity (Wildman–Crippen MR) is 74.3 cm³/mol. The zero-order chi connectivity index (χ0) is 14.1. The van der Waals surface area contributed by atoms with Crippen molar-refractivity contribution in [3.05, 3.63) is 59.0 Å². The molecule has 0 spiro atoms. The molecule has 0 fully saturated rings. The molecule has 0 aliphatic heterocycles. The Morgan fingerprint density at radius 3 is 2.63 bits per heavy atom. The highest BCUT2D eigenvalue weighted by atomic mass is 32.2. The molecule has 1 aromatic rings. The van der Waals surface area contributed by atoms with Crippen molar-refractivity contribution in [1.29, 1.82) is 0 Å². The third-order valence-corrected chi connectivity index (χ3v) is 3.73. The number of rotatable bonds is 8. The van der Waals surface area contributed by atoms with Crippen molar-refractivity contribution in [2.24, 2.45) is 4.52 Å². The molecule has 0 unspecified atom stereocenters. The van der Waals surface area contributed by atoms with E-state index in [0.717, 1.165) is 5.56 Å². The van der Waals surface area contributed by atoms with Gasteiger partial charge in [-0.3, -0.25) is 0 Å². The van der Waals surface area contributed by atoms with Crippen molar-refractivity contribution in [3.8, 4) is 0 Å². The molecule has 19 heavy (non-hydrogen) atoms. The van der Waals surface area contributed by atoms with Gasteiger partial charge in [0.25, 0.3) is 0 Å². The Morgan fingerprint density at radius 1 is 1.37 bits per heavy atom. The van der Waals surface area contributed by atoms with Gasteiger partial charge in [0.15, 0.2) is 0 Å². The lowest BCUT2D eigenvalue weighted by Gasteiger charge is -2.18. The molecule has 0 aliphatic rings. The Morgan fingerprint density at radius 2 is 2.05 bits per heavy atom. The summed E-state index contributed by atoms with van der Waals surface area (Å²) in [4.78, 5) is 2.37. The maximum atomic E-state index is 11.8. The van der Waals surface area contributed by atoms with Crippen LogP contribution in [-0.2, 0) is 16.8 Å². The summed E-state index contributed by atoms with van der Waals surface area (Å²) in [7, 11) is -3.94. The molecule has 0 aliphatic carbocycles. The summed E-state index contributed by atoms with van der Waals surface area (Å²) in [5.74, 6) is 0. The summed E-state index contributed by atoms with van der Waals surface area (Å²) >= 11 is 0. The number of benzene rings is 1. The normalized spacial score (nSPS) is 11.0. The second kappa shape index (κ2) is 7.58. The molecular weight excluding hydrogens is 264 g/mol. The van der Waals surface area contributed by atoms with E-state index in [4.69, 9.17) is 5.53 Å². The fourth-order valence-corrected chi connectivity index (χ4v) is 2.44. The van der Waals surface area contributed by atoms with Crippen molar-refractivity contribution >= 4 is 10.2 Å². The van der Waals surface area contributed by atoms with Crippen LogP contribution < -0.4 is 0 Å². The lowest BCUT2D eigenvalue weighted by Crippen LogP contribution is -2.29. The maximum Gasteiger partial charge on any atom is 0.302 e. The zero-order valence-electron chi connectivity index (χ0n) is 10.5. The smallest absolute Gasteiger partial charge is 0.204 e. The molecule has 0 atom stereocenters. The largest absolute Gasteiger partial charge is 0.302 e. The van der Waals surface area contributed by atoms with E-state index in [2.05, 4.69) is 16.0 Å². The van der Waals surface area contributed by atoms with Crippen LogP contribution >= 0.6 is 0 Å². The second-order valence-electron chi connectivity index (χ2n) is 3.90. The molecule has 0 N–H and O–H groups in total. The molecule has 6 nitrogen and oxygen atoms in total. The fraction of sp³-hybridized carbons (Fsp3) is 0.333. The Kier molecular flexibility index (Phi) is 6.08. The van der Waals surface area contributed by atoms with Crippen LogP contribution in [0.1, 0.15) is 18.4 Å². The third-order valence-electron chi connectivity index (χ3n) is 2.48. The van der Waals surface area contributed by atoms with E-state index >= 15 is 0 Å². The highest BCUT2D eigenvalue weighted by Gasteiger charge is 2.20. The summed E-state index contributed by atoms with van der Waals surface area (Å²) in [6.45, 7) is 4.08. The Bertz CT molecular complexity index is 550. The van der Waals surface area contributed by atoms with Crippen molar-refractivity contribution in [2.45, 2.75) is 19.4 Å². The van der Waals surface area contributed by atoms with E-state index in [1.54, 1.807) is 6.08 Å². The average molecular weight is 280 g/mol. The van der Waals surface area contributed by atoms with Gasteiger partial charge in [0.2, 0.25) is 0 Å². The van der Waals surface area contributed by atoms with E-state index < -0.39 is 10.2 Å². The third kappa shape index (κ3) is 5.13. The predicted octanol–water partition coefficient (Wildman–Crippen LogP) is 3.01. The van der Waals surface area contributed by atoms with Crippen molar-refractivity contribution in [1.82, 2.24) is 4.31 Å². The summed E-state index contributed by atoms with van der Waals surface area (Å²) in [5.41, 5.74) is 9.17. The Hall–Kier alpha value is -1.82. The van der Waals surface area contributed by atoms with Crippen LogP contribution in [0.2, 0.25) is 0 Å². The summed E-state index contributed by atoms with van der Waals surface area (Å²) in [6, 6.07) is 9.17. The van der Waals surface area contributed by atoms with Crippen molar-refractivity contribution in [2.75, 3.05) is 6.54 Å². The van der Waals surface area contributed by atoms with Gasteiger partial charge in [0.05, 0.1) is 0 Å². The zero-order valence-corrected chi connectivity index (χ0v) is 11.3. The number of nitrogens with zero attached hydrogens (tertiary/aromatic N) is 4. The second-order valence-corrected chi connectivity index (χ2v) is 5.47. The molecule has 1 aromatic carbocycles. The molecule has 0 bridgehead atoms. The highest BCUT2D eigenvalue weighted by molar-refractivity contribution is 7.87. The monoisotopic (exact) mass is 280 g/mol. The lowest BCUT2D eigenvalue weighted by molar-refractivity contribution is 0.401. The lowest BCUT2D eigenvalue weighted by atomic mass is 10.2. The molecule has 7 heteroatoms. The van der Waals surface area contributed by atoms with Gasteiger partial charge in [-0.05, 0) is 23.9 Å². The molecule has 0 radical (unpaired) electrons. The fourth-order valence-electron chi connectivity index (χ4n) is 1.57. The SMILES string of the molecule is C=CCCCN(Cc1ccccc1)S(=O)(=O)N=[N+]=[N-]. The topological polar surface area (TPSA) is 86.1 Å². The minimum atomic E-state index is -3.94. The van der Waals surface area contributed by atoms with Crippen LogP contribution in [0.5, 0.6) is 0 Å². The number of allylic oxidation sites excluding steroid dienone is 1. The van der Waals surface area contributed by atoms with Gasteiger partial charge >= 0.3 is 10.2 Å². The van der Waals surface area contributed by atoms with Gasteiger partial charge in [-0.2, -0.15) is 4.31 Å². The molecular formula is C12H16N4O2S. The molecule has 0 amide bonds. The number of unbranched alkanes of at least 4 members (excludes halogenated alkanes) is 1. The highest BCUT2D eigenvalue weighted by Crippen LogP contribution is 2.12. The first kappa shape index (κ1) is 15.2. The van der Waals surface area contributed by atoms with Crippen molar-refractivity contribution in [3.63, 3.8) is 0 Å². The minimum Gasteiger partial charge on any atom is -0.204 e. The molecule has 0 saturated carbocycles. The first-order chi connectivity index (χ1) is 9.10. The maximum absolute atomic E-state index is 11.8. The molecule has 1 rings (SSSR count). The van der Waals surface area contributed by atoms with Gasteiger partial charge < -0.3 is 0 Å². The summed E-state index contributed by atoms with van der Waals surface area (Å²) < 4.78 is 27.7. The molecule has 102 valence electrons. The van der Waals surface area contributed by atoms with Crippen LogP contribution in [-0.4, -0.2) is 19.3 Å².